The first-order chi connectivity index (χ1) is 16.7. The Hall–Kier alpha value is -3.66. The third-order valence-corrected chi connectivity index (χ3v) is 8.23. The van der Waals surface area contributed by atoms with E-state index in [-0.39, 0.29) is 0 Å². The zero-order valence-corrected chi connectivity index (χ0v) is 22.0. The summed E-state index contributed by atoms with van der Waals surface area (Å²) in [4.78, 5) is 31.6. The monoisotopic (exact) mass is 488 g/mol. The number of amidine groups is 2. The van der Waals surface area contributed by atoms with Crippen molar-refractivity contribution in [3.05, 3.63) is 70.8 Å². The fourth-order valence-corrected chi connectivity index (χ4v) is 4.35. The molecule has 0 fully saturated rings. The van der Waals surface area contributed by atoms with Crippen LogP contribution in [-0.4, -0.2) is 62.8 Å². The van der Waals surface area contributed by atoms with Gasteiger partial charge in [0.1, 0.15) is 0 Å². The van der Waals surface area contributed by atoms with Crippen LogP contribution in [0.25, 0.3) is 11.4 Å². The number of rotatable bonds is 4. The molecule has 0 aliphatic carbocycles. The predicted octanol–water partition coefficient (Wildman–Crippen LogP) is 4.27. The molecule has 5 rings (SSSR count). The van der Waals surface area contributed by atoms with Gasteiger partial charge < -0.3 is 10.3 Å². The maximum Gasteiger partial charge on any atom is 0.400 e. The maximum absolute atomic E-state index is 13.2. The van der Waals surface area contributed by atoms with Crippen molar-refractivity contribution in [2.24, 2.45) is 9.98 Å². The van der Waals surface area contributed by atoms with Gasteiger partial charge in [-0.3, -0.25) is 14.1 Å². The summed E-state index contributed by atoms with van der Waals surface area (Å²) in [7, 11) is 0. The largest absolute Gasteiger partial charge is 0.757 e. The average Bonchev–Trinajstić information content (AvgIpc) is 3.55. The second kappa shape index (κ2) is 7.42. The Morgan fingerprint density at radius 3 is 1.86 bits per heavy atom. The lowest BCUT2D eigenvalue weighted by atomic mass is 9.84. The summed E-state index contributed by atoms with van der Waals surface area (Å²) in [5.41, 5.74) is -0.955. The fraction of sp³-hybridized carbons (Fsp3) is 0.462. The Morgan fingerprint density at radius 2 is 1.36 bits per heavy atom. The Bertz CT molecular complexity index is 1440. The molecule has 36 heavy (non-hydrogen) atoms. The number of aliphatic imine (C=N–C) groups is 2. The summed E-state index contributed by atoms with van der Waals surface area (Å²) in [6.07, 6.45) is 6.94. The molecule has 1 aromatic carbocycles. The number of aromatic nitrogens is 4. The molecule has 0 amide bonds. The van der Waals surface area contributed by atoms with Crippen molar-refractivity contribution in [1.29, 1.82) is 0 Å². The van der Waals surface area contributed by atoms with Gasteiger partial charge in [-0.2, -0.15) is 0 Å². The molecule has 0 unspecified atom stereocenters. The van der Waals surface area contributed by atoms with Crippen molar-refractivity contribution in [2.45, 2.75) is 77.5 Å². The minimum atomic E-state index is -0.708. The predicted molar refractivity (Wildman–Crippen MR) is 139 cm³/mol. The highest BCUT2D eigenvalue weighted by Gasteiger charge is 2.60. The molecule has 0 bridgehead atoms. The van der Waals surface area contributed by atoms with E-state index in [0.717, 1.165) is 21.2 Å². The third kappa shape index (κ3) is 3.20. The summed E-state index contributed by atoms with van der Waals surface area (Å²) in [5.74, 6) is 1.55. The lowest BCUT2D eigenvalue weighted by Gasteiger charge is -2.45. The highest BCUT2D eigenvalue weighted by Crippen LogP contribution is 2.39. The first kappa shape index (κ1) is 24.1. The Kier molecular flexibility index (Phi) is 4.96. The van der Waals surface area contributed by atoms with Gasteiger partial charge in [0.2, 0.25) is 5.82 Å². The second-order valence-corrected chi connectivity index (χ2v) is 11.5. The first-order valence-electron chi connectivity index (χ1n) is 12.0. The van der Waals surface area contributed by atoms with Gasteiger partial charge >= 0.3 is 5.84 Å². The van der Waals surface area contributed by atoms with Gasteiger partial charge in [0.05, 0.1) is 5.54 Å². The first-order valence-corrected chi connectivity index (χ1v) is 12.0. The molecule has 0 saturated heterocycles. The quantitative estimate of drug-likeness (QED) is 0.510. The molecular weight excluding hydrogens is 456 g/mol. The van der Waals surface area contributed by atoms with E-state index in [1.54, 1.807) is 12.4 Å². The standard InChI is InChI=1S/C26H32N8O2/c1-23(2)25(5,6)33(35)21(29-23)19-27-12-14-31(19)17-10-9-11-18(16-17)32-15-13-28-20(32)22-30-24(3,4)26(7,8)34(22)36/h9-16H,1-8H3. The van der Waals surface area contributed by atoms with Crippen LogP contribution >= 0.6 is 0 Å². The van der Waals surface area contributed by atoms with E-state index in [9.17, 15) is 10.1 Å². The topological polar surface area (TPSA) is 107 Å². The molecule has 0 N–H and O–H groups in total. The SMILES string of the molecule is CC1(C)N=C(c2nccn2-c2cccc(-n3ccnc3C3=NC(C)(C)C(C)(C)[N+]3=O)c2)N([O-])C1(C)C. The van der Waals surface area contributed by atoms with Crippen molar-refractivity contribution in [1.82, 2.24) is 24.2 Å². The number of hydroxylamine groups is 2. The normalized spacial score (nSPS) is 21.6. The number of hydrogen-bond donors (Lipinski definition) is 0. The van der Waals surface area contributed by atoms with E-state index in [1.165, 1.54) is 0 Å². The third-order valence-electron chi connectivity index (χ3n) is 8.23. The number of nitrogens with zero attached hydrogens (tertiary/aromatic N) is 8. The number of nitroso groups, excluding NO2 is 1. The minimum Gasteiger partial charge on any atom is -0.757 e. The highest BCUT2D eigenvalue weighted by molar-refractivity contribution is 5.99. The summed E-state index contributed by atoms with van der Waals surface area (Å²) >= 11 is 0. The Balaban J connectivity index is 1.56. The van der Waals surface area contributed by atoms with Crippen LogP contribution in [0.15, 0.2) is 59.0 Å². The van der Waals surface area contributed by atoms with Crippen LogP contribution in [0.3, 0.4) is 0 Å². The zero-order chi connectivity index (χ0) is 26.3. The van der Waals surface area contributed by atoms with Gasteiger partial charge in [0, 0.05) is 41.7 Å². The molecule has 0 saturated carbocycles. The van der Waals surface area contributed by atoms with Gasteiger partial charge in [-0.1, -0.05) is 16.0 Å². The summed E-state index contributed by atoms with van der Waals surface area (Å²) in [5, 5.41) is 14.1. The number of imidazole rings is 2. The van der Waals surface area contributed by atoms with Crippen LogP contribution < -0.4 is 0 Å². The van der Waals surface area contributed by atoms with Crippen LogP contribution in [-0.2, 0) is 0 Å². The molecule has 4 heterocycles. The number of hydrogen-bond acceptors (Lipinski definition) is 7. The van der Waals surface area contributed by atoms with E-state index < -0.39 is 22.2 Å². The van der Waals surface area contributed by atoms with Gasteiger partial charge in [-0.05, 0) is 78.3 Å². The Morgan fingerprint density at radius 1 is 0.806 bits per heavy atom. The summed E-state index contributed by atoms with van der Waals surface area (Å²) < 4.78 is 4.65. The fourth-order valence-electron chi connectivity index (χ4n) is 4.35. The van der Waals surface area contributed by atoms with E-state index >= 15 is 0 Å². The molecule has 0 spiro atoms. The maximum atomic E-state index is 13.2. The van der Waals surface area contributed by atoms with E-state index in [2.05, 4.69) is 9.97 Å². The number of benzene rings is 1. The van der Waals surface area contributed by atoms with E-state index in [0.29, 0.717) is 23.3 Å². The molecule has 0 radical (unpaired) electrons. The molecular formula is C26H32N8O2. The molecule has 0 atom stereocenters. The lowest BCUT2D eigenvalue weighted by molar-refractivity contribution is -0.515. The molecule has 2 aromatic heterocycles. The molecule has 2 aliphatic rings. The van der Waals surface area contributed by atoms with Gasteiger partial charge in [0.25, 0.3) is 0 Å². The zero-order valence-electron chi connectivity index (χ0n) is 22.0. The molecule has 2 aliphatic heterocycles. The van der Waals surface area contributed by atoms with Crippen molar-refractivity contribution in [3.8, 4) is 11.4 Å². The average molecular weight is 489 g/mol. The van der Waals surface area contributed by atoms with Crippen LogP contribution in [0.1, 0.15) is 67.0 Å². The molecule has 10 heteroatoms. The highest BCUT2D eigenvalue weighted by atomic mass is 16.5. The Labute approximate surface area is 210 Å². The van der Waals surface area contributed by atoms with Crippen LogP contribution in [0, 0.1) is 10.1 Å². The minimum absolute atomic E-state index is 0.301. The van der Waals surface area contributed by atoms with Gasteiger partial charge in [0.15, 0.2) is 22.7 Å². The van der Waals surface area contributed by atoms with Crippen molar-refractivity contribution >= 4 is 11.7 Å². The molecule has 10 nitrogen and oxygen atoms in total. The van der Waals surface area contributed by atoms with Crippen molar-refractivity contribution in [2.75, 3.05) is 0 Å². The van der Waals surface area contributed by atoms with Gasteiger partial charge in [-0.15, -0.1) is 0 Å². The van der Waals surface area contributed by atoms with E-state index in [4.69, 9.17) is 9.98 Å². The van der Waals surface area contributed by atoms with Crippen LogP contribution in [0.2, 0.25) is 0 Å². The molecule has 3 aromatic rings. The van der Waals surface area contributed by atoms with Crippen LogP contribution in [0.4, 0.5) is 0 Å². The summed E-state index contributed by atoms with van der Waals surface area (Å²) in [6, 6.07) is 7.74. The van der Waals surface area contributed by atoms with Gasteiger partial charge in [-0.25, -0.2) is 9.97 Å². The smallest absolute Gasteiger partial charge is 0.400 e. The van der Waals surface area contributed by atoms with E-state index in [1.807, 2.05) is 101 Å². The lowest BCUT2D eigenvalue weighted by Crippen LogP contribution is -2.50. The van der Waals surface area contributed by atoms with Crippen molar-refractivity contribution < 1.29 is 4.76 Å². The van der Waals surface area contributed by atoms with Crippen LogP contribution in [0.5, 0.6) is 0 Å². The van der Waals surface area contributed by atoms with Crippen molar-refractivity contribution in [3.63, 3.8) is 0 Å². The summed E-state index contributed by atoms with van der Waals surface area (Å²) in [6.45, 7) is 15.4. The molecule has 188 valence electrons. The second-order valence-electron chi connectivity index (χ2n) is 11.5.